The fraction of sp³-hybridized carbons (Fsp3) is 0.500. The molecule has 92 valence electrons. The Kier molecular flexibility index (Phi) is 3.26. The van der Waals surface area contributed by atoms with E-state index in [1.807, 2.05) is 0 Å². The molecule has 1 unspecified atom stereocenters. The normalized spacial score (nSPS) is 13.2. The highest BCUT2D eigenvalue weighted by Gasteiger charge is 2.09. The first-order chi connectivity index (χ1) is 8.06. The molecule has 1 N–H and O–H groups in total. The number of aromatic nitrogens is 3. The van der Waals surface area contributed by atoms with Crippen LogP contribution in [0.15, 0.2) is 18.3 Å². The number of nitrogens with one attached hydrogen (secondary N) is 1. The fourth-order valence-electron chi connectivity index (χ4n) is 1.42. The van der Waals surface area contributed by atoms with E-state index < -0.39 is 0 Å². The summed E-state index contributed by atoms with van der Waals surface area (Å²) in [6, 6.07) is 2.99. The third-order valence-corrected chi connectivity index (χ3v) is 3.02. The molecule has 0 saturated heterocycles. The molecule has 1 atom stereocenters. The minimum absolute atomic E-state index is 0.315. The second-order valence-corrected chi connectivity index (χ2v) is 4.69. The van der Waals surface area contributed by atoms with Gasteiger partial charge in [0.1, 0.15) is 5.82 Å². The largest absolute Gasteiger partial charge is 0.353 e. The van der Waals surface area contributed by atoms with Crippen molar-refractivity contribution in [3.05, 3.63) is 24.1 Å². The van der Waals surface area contributed by atoms with Crippen LogP contribution in [0.3, 0.4) is 0 Å². The van der Waals surface area contributed by atoms with Gasteiger partial charge in [-0.1, -0.05) is 20.8 Å². The molecule has 0 saturated carbocycles. The van der Waals surface area contributed by atoms with Crippen LogP contribution in [0.25, 0.3) is 5.65 Å². The van der Waals surface area contributed by atoms with E-state index in [2.05, 4.69) is 36.2 Å². The lowest BCUT2D eigenvalue weighted by molar-refractivity contribution is 0.439. The van der Waals surface area contributed by atoms with Gasteiger partial charge in [-0.05, 0) is 24.0 Å². The van der Waals surface area contributed by atoms with Crippen LogP contribution < -0.4 is 5.32 Å². The van der Waals surface area contributed by atoms with Crippen molar-refractivity contribution in [2.45, 2.75) is 20.8 Å². The Morgan fingerprint density at radius 1 is 1.35 bits per heavy atom. The molecule has 0 aromatic carbocycles. The van der Waals surface area contributed by atoms with Crippen LogP contribution in [0.2, 0.25) is 0 Å². The van der Waals surface area contributed by atoms with Crippen LogP contribution in [0, 0.1) is 17.7 Å². The number of nitrogens with zero attached hydrogens (tertiary/aromatic N) is 3. The van der Waals surface area contributed by atoms with Crippen LogP contribution in [0.1, 0.15) is 20.8 Å². The van der Waals surface area contributed by atoms with Crippen molar-refractivity contribution in [3.8, 4) is 0 Å². The molecular formula is C12H17FN4. The molecule has 0 radical (unpaired) electrons. The maximum Gasteiger partial charge on any atom is 0.243 e. The number of hydrogen-bond donors (Lipinski definition) is 1. The summed E-state index contributed by atoms with van der Waals surface area (Å²) in [5.41, 5.74) is 0.645. The number of hydrogen-bond acceptors (Lipinski definition) is 3. The quantitative estimate of drug-likeness (QED) is 0.887. The second-order valence-electron chi connectivity index (χ2n) is 4.69. The lowest BCUT2D eigenvalue weighted by atomic mass is 9.98. The van der Waals surface area contributed by atoms with Gasteiger partial charge in [-0.15, -0.1) is 5.10 Å². The van der Waals surface area contributed by atoms with Crippen LogP contribution in [0.5, 0.6) is 0 Å². The summed E-state index contributed by atoms with van der Waals surface area (Å²) in [6.07, 6.45) is 1.32. The van der Waals surface area contributed by atoms with Crippen molar-refractivity contribution in [2.75, 3.05) is 11.9 Å². The highest BCUT2D eigenvalue weighted by molar-refractivity contribution is 5.42. The Morgan fingerprint density at radius 3 is 2.82 bits per heavy atom. The predicted molar refractivity (Wildman–Crippen MR) is 65.4 cm³/mol. The predicted octanol–water partition coefficient (Wildman–Crippen LogP) is 2.57. The number of rotatable bonds is 4. The number of pyridine rings is 1. The van der Waals surface area contributed by atoms with E-state index in [1.165, 1.54) is 16.8 Å². The first-order valence-electron chi connectivity index (χ1n) is 5.82. The van der Waals surface area contributed by atoms with Crippen LogP contribution in [-0.2, 0) is 0 Å². The van der Waals surface area contributed by atoms with Crippen LogP contribution >= 0.6 is 0 Å². The molecular weight excluding hydrogens is 219 g/mol. The summed E-state index contributed by atoms with van der Waals surface area (Å²) >= 11 is 0. The van der Waals surface area contributed by atoms with Crippen molar-refractivity contribution < 1.29 is 4.39 Å². The van der Waals surface area contributed by atoms with Gasteiger partial charge < -0.3 is 5.32 Å². The molecule has 0 aliphatic rings. The maximum atomic E-state index is 13.0. The highest BCUT2D eigenvalue weighted by atomic mass is 19.1. The SMILES string of the molecule is CC(C)C(C)CNc1nc2ccc(F)cn2n1. The van der Waals surface area contributed by atoms with Gasteiger partial charge in [0.2, 0.25) is 5.95 Å². The molecule has 0 amide bonds. The Balaban J connectivity index is 2.09. The molecule has 17 heavy (non-hydrogen) atoms. The van der Waals surface area contributed by atoms with Gasteiger partial charge in [0.05, 0.1) is 6.20 Å². The minimum atomic E-state index is -0.315. The van der Waals surface area contributed by atoms with Crippen LogP contribution in [0.4, 0.5) is 10.3 Å². The van der Waals surface area contributed by atoms with Gasteiger partial charge in [-0.3, -0.25) is 0 Å². The fourth-order valence-corrected chi connectivity index (χ4v) is 1.42. The summed E-state index contributed by atoms with van der Waals surface area (Å²) in [5.74, 6) is 1.38. The highest BCUT2D eigenvalue weighted by Crippen LogP contribution is 2.11. The molecule has 0 aliphatic heterocycles. The number of anilines is 1. The third kappa shape index (κ3) is 2.72. The van der Waals surface area contributed by atoms with E-state index in [0.29, 0.717) is 23.4 Å². The maximum absolute atomic E-state index is 13.0. The molecule has 2 aromatic rings. The zero-order valence-electron chi connectivity index (χ0n) is 10.3. The monoisotopic (exact) mass is 236 g/mol. The molecule has 0 bridgehead atoms. The summed E-state index contributed by atoms with van der Waals surface area (Å²) < 4.78 is 14.4. The number of fused-ring (bicyclic) bond motifs is 1. The molecule has 2 rings (SSSR count). The van der Waals surface area contributed by atoms with Gasteiger partial charge in [-0.25, -0.2) is 8.91 Å². The van der Waals surface area contributed by atoms with Crippen molar-refractivity contribution in [1.82, 2.24) is 14.6 Å². The summed E-state index contributed by atoms with van der Waals surface area (Å²) in [4.78, 5) is 4.26. The lowest BCUT2D eigenvalue weighted by Crippen LogP contribution is -2.16. The second kappa shape index (κ2) is 4.69. The van der Waals surface area contributed by atoms with Crippen molar-refractivity contribution in [1.29, 1.82) is 0 Å². The minimum Gasteiger partial charge on any atom is -0.353 e. The Labute approximate surface area is 99.9 Å². The average molecular weight is 236 g/mol. The molecule has 0 spiro atoms. The van der Waals surface area contributed by atoms with E-state index >= 15 is 0 Å². The van der Waals surface area contributed by atoms with Gasteiger partial charge in [0, 0.05) is 6.54 Å². The Bertz CT molecular complexity index is 506. The van der Waals surface area contributed by atoms with Gasteiger partial charge >= 0.3 is 0 Å². The van der Waals surface area contributed by atoms with Gasteiger partial charge in [0.15, 0.2) is 5.65 Å². The molecule has 0 aliphatic carbocycles. The Hall–Kier alpha value is -1.65. The first-order valence-corrected chi connectivity index (χ1v) is 5.82. The van der Waals surface area contributed by atoms with Crippen molar-refractivity contribution in [3.63, 3.8) is 0 Å². The van der Waals surface area contributed by atoms with Gasteiger partial charge in [-0.2, -0.15) is 4.98 Å². The lowest BCUT2D eigenvalue weighted by Gasteiger charge is -2.14. The average Bonchev–Trinajstić information content (AvgIpc) is 2.67. The molecule has 2 aromatic heterocycles. The van der Waals surface area contributed by atoms with Crippen LogP contribution in [-0.4, -0.2) is 21.1 Å². The van der Waals surface area contributed by atoms with Crippen molar-refractivity contribution >= 4 is 11.6 Å². The summed E-state index contributed by atoms with van der Waals surface area (Å²) in [5, 5.41) is 7.33. The standard InChI is InChI=1S/C12H17FN4/c1-8(2)9(3)6-14-12-15-11-5-4-10(13)7-17(11)16-12/h4-5,7-9H,6H2,1-3H3,(H,14,16). The van der Waals surface area contributed by atoms with E-state index in [0.717, 1.165) is 6.54 Å². The van der Waals surface area contributed by atoms with Crippen molar-refractivity contribution in [2.24, 2.45) is 11.8 Å². The third-order valence-electron chi connectivity index (χ3n) is 3.02. The molecule has 0 fully saturated rings. The first kappa shape index (κ1) is 11.8. The zero-order valence-corrected chi connectivity index (χ0v) is 10.3. The topological polar surface area (TPSA) is 42.2 Å². The summed E-state index contributed by atoms with van der Waals surface area (Å²) in [7, 11) is 0. The Morgan fingerprint density at radius 2 is 2.12 bits per heavy atom. The smallest absolute Gasteiger partial charge is 0.243 e. The van der Waals surface area contributed by atoms with E-state index in [1.54, 1.807) is 6.07 Å². The summed E-state index contributed by atoms with van der Waals surface area (Å²) in [6.45, 7) is 7.35. The van der Waals surface area contributed by atoms with E-state index in [4.69, 9.17) is 0 Å². The molecule has 4 nitrogen and oxygen atoms in total. The molecule has 5 heteroatoms. The zero-order chi connectivity index (χ0) is 12.4. The molecule has 2 heterocycles. The van der Waals surface area contributed by atoms with E-state index in [9.17, 15) is 4.39 Å². The van der Waals surface area contributed by atoms with Gasteiger partial charge in [0.25, 0.3) is 0 Å². The number of halogens is 1. The van der Waals surface area contributed by atoms with E-state index in [-0.39, 0.29) is 5.82 Å².